The number of aliphatic carboxylic acids is 1. The molecule has 0 radical (unpaired) electrons. The summed E-state index contributed by atoms with van der Waals surface area (Å²) in [5, 5.41) is 9.08. The highest BCUT2D eigenvalue weighted by Gasteiger charge is 2.33. The Morgan fingerprint density at radius 1 is 0.912 bits per heavy atom. The summed E-state index contributed by atoms with van der Waals surface area (Å²) < 4.78 is 51.3. The molecule has 8 heteroatoms. The largest absolute Gasteiger partial charge is 0.489 e. The molecular weight excluding hydrogens is 447 g/mol. The summed E-state index contributed by atoms with van der Waals surface area (Å²) in [5.74, 6) is -0.474. The number of nitrogens with zero attached hydrogens (tertiary/aromatic N) is 1. The van der Waals surface area contributed by atoms with Crippen LogP contribution in [-0.4, -0.2) is 22.7 Å². The van der Waals surface area contributed by atoms with Crippen molar-refractivity contribution in [3.63, 3.8) is 0 Å². The Balaban J connectivity index is 1.54. The van der Waals surface area contributed by atoms with Gasteiger partial charge >= 0.3 is 12.1 Å². The lowest BCUT2D eigenvalue weighted by atomic mass is 9.99. The van der Waals surface area contributed by atoms with Gasteiger partial charge in [0.15, 0.2) is 0 Å². The molecule has 34 heavy (non-hydrogen) atoms. The summed E-state index contributed by atoms with van der Waals surface area (Å²) in [7, 11) is 0. The molecule has 0 bridgehead atoms. The van der Waals surface area contributed by atoms with E-state index in [-0.39, 0.29) is 25.3 Å². The topological polar surface area (TPSA) is 68.7 Å². The van der Waals surface area contributed by atoms with Crippen molar-refractivity contribution in [2.24, 2.45) is 0 Å². The third-order valence-corrected chi connectivity index (χ3v) is 5.11. The summed E-state index contributed by atoms with van der Waals surface area (Å²) in [5.41, 5.74) is 2.15. The second kappa shape index (κ2) is 9.93. The lowest BCUT2D eigenvalue weighted by Crippen LogP contribution is -2.07. The van der Waals surface area contributed by atoms with E-state index in [1.807, 2.05) is 30.3 Å². The average molecular weight is 467 g/mol. The Morgan fingerprint density at radius 3 is 2.41 bits per heavy atom. The van der Waals surface area contributed by atoms with Crippen LogP contribution in [0.15, 0.2) is 79.0 Å². The minimum atomic E-state index is -4.50. The molecule has 4 rings (SSSR count). The molecule has 1 aromatic heterocycles. The molecule has 0 amide bonds. The SMILES string of the molecule is O=C(O)COCc1cccc(COc2cccc(-c3ccnc4c(C(F)(F)F)cccc34)c2)c1. The van der Waals surface area contributed by atoms with Gasteiger partial charge < -0.3 is 14.6 Å². The Bertz CT molecular complexity index is 1320. The van der Waals surface area contributed by atoms with Crippen LogP contribution in [0.4, 0.5) is 13.2 Å². The van der Waals surface area contributed by atoms with E-state index in [2.05, 4.69) is 4.98 Å². The van der Waals surface area contributed by atoms with Gasteiger partial charge in [0.05, 0.1) is 17.7 Å². The monoisotopic (exact) mass is 467 g/mol. The number of halogens is 3. The fraction of sp³-hybridized carbons (Fsp3) is 0.154. The van der Waals surface area contributed by atoms with Crippen LogP contribution in [0.1, 0.15) is 16.7 Å². The van der Waals surface area contributed by atoms with Crippen molar-refractivity contribution in [2.75, 3.05) is 6.61 Å². The second-order valence-electron chi connectivity index (χ2n) is 7.58. The zero-order valence-corrected chi connectivity index (χ0v) is 17.9. The first-order valence-corrected chi connectivity index (χ1v) is 10.4. The van der Waals surface area contributed by atoms with Crippen molar-refractivity contribution in [2.45, 2.75) is 19.4 Å². The zero-order valence-electron chi connectivity index (χ0n) is 17.9. The van der Waals surface area contributed by atoms with Crippen molar-refractivity contribution >= 4 is 16.9 Å². The van der Waals surface area contributed by atoms with Crippen LogP contribution in [-0.2, 0) is 28.9 Å². The number of para-hydroxylation sites is 1. The van der Waals surface area contributed by atoms with E-state index in [9.17, 15) is 18.0 Å². The number of hydrogen-bond acceptors (Lipinski definition) is 4. The maximum absolute atomic E-state index is 13.4. The molecule has 0 unspecified atom stereocenters. The zero-order chi connectivity index (χ0) is 24.1. The lowest BCUT2D eigenvalue weighted by molar-refractivity contribution is -0.142. The molecule has 4 aromatic rings. The Labute approximate surface area is 193 Å². The van der Waals surface area contributed by atoms with Gasteiger partial charge in [-0.15, -0.1) is 0 Å². The maximum atomic E-state index is 13.4. The molecule has 3 aromatic carbocycles. The minimum absolute atomic E-state index is 0.0965. The quantitative estimate of drug-likeness (QED) is 0.339. The van der Waals surface area contributed by atoms with Gasteiger partial charge in [-0.05, 0) is 46.5 Å². The van der Waals surface area contributed by atoms with Crippen molar-refractivity contribution in [3.05, 3.63) is 95.7 Å². The number of carboxylic acid groups (broad SMARTS) is 1. The number of fused-ring (bicyclic) bond motifs is 1. The van der Waals surface area contributed by atoms with Gasteiger partial charge in [-0.1, -0.05) is 48.5 Å². The number of hydrogen-bond donors (Lipinski definition) is 1. The molecule has 0 spiro atoms. The van der Waals surface area contributed by atoms with Gasteiger partial charge in [-0.2, -0.15) is 13.2 Å². The van der Waals surface area contributed by atoms with E-state index in [1.54, 1.807) is 30.3 Å². The predicted octanol–water partition coefficient (Wildman–Crippen LogP) is 6.10. The average Bonchev–Trinajstić information content (AvgIpc) is 2.81. The van der Waals surface area contributed by atoms with E-state index >= 15 is 0 Å². The highest BCUT2D eigenvalue weighted by atomic mass is 19.4. The first kappa shape index (κ1) is 23.3. The Morgan fingerprint density at radius 2 is 1.65 bits per heavy atom. The number of carboxylic acids is 1. The number of alkyl halides is 3. The van der Waals surface area contributed by atoms with E-state index in [0.29, 0.717) is 22.3 Å². The van der Waals surface area contributed by atoms with Gasteiger partial charge in [0.1, 0.15) is 19.0 Å². The highest BCUT2D eigenvalue weighted by Crippen LogP contribution is 2.37. The van der Waals surface area contributed by atoms with Crippen LogP contribution in [0.25, 0.3) is 22.0 Å². The highest BCUT2D eigenvalue weighted by molar-refractivity contribution is 5.96. The van der Waals surface area contributed by atoms with Crippen LogP contribution in [0, 0.1) is 0 Å². The summed E-state index contributed by atoms with van der Waals surface area (Å²) in [6, 6.07) is 20.2. The summed E-state index contributed by atoms with van der Waals surface area (Å²) in [6.45, 7) is 0.0534. The van der Waals surface area contributed by atoms with E-state index < -0.39 is 17.7 Å². The van der Waals surface area contributed by atoms with E-state index in [0.717, 1.165) is 17.2 Å². The summed E-state index contributed by atoms with van der Waals surface area (Å²) >= 11 is 0. The first-order chi connectivity index (χ1) is 16.3. The van der Waals surface area contributed by atoms with Gasteiger partial charge in [0.25, 0.3) is 0 Å². The number of aromatic nitrogens is 1. The molecule has 0 fully saturated rings. The van der Waals surface area contributed by atoms with Crippen molar-refractivity contribution in [3.8, 4) is 16.9 Å². The molecule has 174 valence electrons. The van der Waals surface area contributed by atoms with Crippen LogP contribution in [0.3, 0.4) is 0 Å². The van der Waals surface area contributed by atoms with Crippen molar-refractivity contribution in [1.29, 1.82) is 0 Å². The van der Waals surface area contributed by atoms with Gasteiger partial charge in [-0.25, -0.2) is 4.79 Å². The third kappa shape index (κ3) is 5.52. The van der Waals surface area contributed by atoms with E-state index in [1.165, 1.54) is 12.3 Å². The molecular formula is C26H20F3NO4. The fourth-order valence-corrected chi connectivity index (χ4v) is 3.64. The molecule has 0 saturated carbocycles. The fourth-order valence-electron chi connectivity index (χ4n) is 3.64. The van der Waals surface area contributed by atoms with Gasteiger partial charge in [-0.3, -0.25) is 4.98 Å². The van der Waals surface area contributed by atoms with Crippen LogP contribution in [0.2, 0.25) is 0 Å². The molecule has 0 atom stereocenters. The molecule has 1 N–H and O–H groups in total. The maximum Gasteiger partial charge on any atom is 0.418 e. The third-order valence-electron chi connectivity index (χ3n) is 5.11. The number of carbonyl (C=O) groups is 1. The Hall–Kier alpha value is -3.91. The minimum Gasteiger partial charge on any atom is -0.489 e. The summed E-state index contributed by atoms with van der Waals surface area (Å²) in [6.07, 6.45) is -3.12. The smallest absolute Gasteiger partial charge is 0.418 e. The molecule has 1 heterocycles. The molecule has 0 aliphatic carbocycles. The number of pyridine rings is 1. The normalized spacial score (nSPS) is 11.5. The van der Waals surface area contributed by atoms with Gasteiger partial charge in [0.2, 0.25) is 0 Å². The Kier molecular flexibility index (Phi) is 6.79. The number of benzene rings is 3. The standard InChI is InChI=1S/C26H20F3NO4/c27-26(28,29)23-9-3-8-22-21(10-11-30-25(22)23)19-6-2-7-20(13-19)34-15-18-5-1-4-17(12-18)14-33-16-24(31)32/h1-13H,14-16H2,(H,31,32). The molecule has 0 aliphatic rings. The van der Waals surface area contributed by atoms with Gasteiger partial charge in [0, 0.05) is 11.6 Å². The molecule has 0 aliphatic heterocycles. The molecule has 0 saturated heterocycles. The first-order valence-electron chi connectivity index (χ1n) is 10.4. The second-order valence-corrected chi connectivity index (χ2v) is 7.58. The van der Waals surface area contributed by atoms with Crippen LogP contribution in [0.5, 0.6) is 5.75 Å². The lowest BCUT2D eigenvalue weighted by Gasteiger charge is -2.13. The van der Waals surface area contributed by atoms with Crippen molar-refractivity contribution < 1.29 is 32.5 Å². The van der Waals surface area contributed by atoms with Crippen LogP contribution < -0.4 is 4.74 Å². The summed E-state index contributed by atoms with van der Waals surface area (Å²) in [4.78, 5) is 14.6. The number of ether oxygens (including phenoxy) is 2. The van der Waals surface area contributed by atoms with Crippen molar-refractivity contribution in [1.82, 2.24) is 4.98 Å². The molecule has 5 nitrogen and oxygen atoms in total. The predicted molar refractivity (Wildman–Crippen MR) is 120 cm³/mol. The number of rotatable bonds is 8. The van der Waals surface area contributed by atoms with Crippen LogP contribution >= 0.6 is 0 Å². The van der Waals surface area contributed by atoms with E-state index in [4.69, 9.17) is 14.6 Å².